The smallest absolute Gasteiger partial charge is 0.0771 e. The largest absolute Gasteiger partial charge is 0.389 e. The lowest BCUT2D eigenvalue weighted by Crippen LogP contribution is -2.42. The number of rotatable bonds is 6. The van der Waals surface area contributed by atoms with Crippen molar-refractivity contribution in [3.63, 3.8) is 0 Å². The molecule has 1 saturated carbocycles. The van der Waals surface area contributed by atoms with E-state index in [2.05, 4.69) is 25.7 Å². The Labute approximate surface area is 126 Å². The lowest BCUT2D eigenvalue weighted by Gasteiger charge is -2.32. The van der Waals surface area contributed by atoms with Crippen molar-refractivity contribution < 1.29 is 5.11 Å². The van der Waals surface area contributed by atoms with Gasteiger partial charge >= 0.3 is 0 Å². The monoisotopic (exact) mass is 281 g/mol. The van der Waals surface area contributed by atoms with Gasteiger partial charge in [-0.3, -0.25) is 0 Å². The van der Waals surface area contributed by atoms with Crippen molar-refractivity contribution in [2.45, 2.75) is 71.8 Å². The van der Waals surface area contributed by atoms with E-state index in [4.69, 9.17) is 0 Å². The van der Waals surface area contributed by atoms with Crippen LogP contribution in [0.3, 0.4) is 0 Å². The molecule has 0 aromatic heterocycles. The zero-order chi connectivity index (χ0) is 15.4. The van der Waals surface area contributed by atoms with Gasteiger partial charge in [-0.2, -0.15) is 0 Å². The molecule has 1 fully saturated rings. The molecule has 20 heavy (non-hydrogen) atoms. The van der Waals surface area contributed by atoms with Gasteiger partial charge in [-0.1, -0.05) is 57.4 Å². The third-order valence-corrected chi connectivity index (χ3v) is 3.59. The van der Waals surface area contributed by atoms with Gasteiger partial charge in [-0.25, -0.2) is 0 Å². The second kappa shape index (κ2) is 11.1. The molecule has 118 valence electrons. The van der Waals surface area contributed by atoms with Gasteiger partial charge in [0.2, 0.25) is 0 Å². The molecule has 0 saturated heterocycles. The fourth-order valence-corrected chi connectivity index (χ4v) is 2.33. The van der Waals surface area contributed by atoms with Crippen molar-refractivity contribution >= 4 is 0 Å². The van der Waals surface area contributed by atoms with Gasteiger partial charge in [0, 0.05) is 6.54 Å². The maximum Gasteiger partial charge on any atom is 0.0771 e. The summed E-state index contributed by atoms with van der Waals surface area (Å²) >= 11 is 0. The number of hydrogen-bond acceptors (Lipinski definition) is 2. The van der Waals surface area contributed by atoms with Crippen molar-refractivity contribution in [1.29, 1.82) is 0 Å². The van der Waals surface area contributed by atoms with Crippen LogP contribution in [0.15, 0.2) is 24.3 Å². The zero-order valence-electron chi connectivity index (χ0n) is 14.0. The third-order valence-electron chi connectivity index (χ3n) is 3.59. The average Bonchev–Trinajstić information content (AvgIpc) is 2.36. The van der Waals surface area contributed by atoms with Crippen LogP contribution in [0.4, 0.5) is 0 Å². The second-order valence-electron chi connectivity index (χ2n) is 6.62. The van der Waals surface area contributed by atoms with Crippen molar-refractivity contribution in [2.24, 2.45) is 5.92 Å². The van der Waals surface area contributed by atoms with Crippen LogP contribution in [-0.4, -0.2) is 23.8 Å². The van der Waals surface area contributed by atoms with E-state index in [1.807, 2.05) is 19.9 Å². The molecule has 0 aliphatic heterocycles. The molecule has 0 aromatic rings. The Bertz CT molecular complexity index is 271. The summed E-state index contributed by atoms with van der Waals surface area (Å²) in [5, 5.41) is 13.6. The molecule has 0 spiro atoms. The highest BCUT2D eigenvalue weighted by molar-refractivity contribution is 5.04. The van der Waals surface area contributed by atoms with Crippen molar-refractivity contribution in [1.82, 2.24) is 5.32 Å². The molecule has 0 unspecified atom stereocenters. The summed E-state index contributed by atoms with van der Waals surface area (Å²) in [5.74, 6) is 0.753. The molecular formula is C18H35NO. The maximum atomic E-state index is 10.2. The highest BCUT2D eigenvalue weighted by Gasteiger charge is 2.28. The Kier molecular flexibility index (Phi) is 10.8. The molecule has 1 rings (SSSR count). The Hall–Kier alpha value is -0.600. The lowest BCUT2D eigenvalue weighted by molar-refractivity contribution is 0.00490. The first kappa shape index (κ1) is 19.4. The van der Waals surface area contributed by atoms with Crippen LogP contribution in [0.5, 0.6) is 0 Å². The number of allylic oxidation sites excluding steroid dienone is 3. The van der Waals surface area contributed by atoms with E-state index in [1.54, 1.807) is 6.08 Å². The van der Waals surface area contributed by atoms with Crippen LogP contribution in [-0.2, 0) is 0 Å². The SMILES string of the molecule is C=CC=C(C)C.CC(C)CCNCC1(O)CCCCC1. The van der Waals surface area contributed by atoms with Gasteiger partial charge in [0.05, 0.1) is 5.60 Å². The predicted octanol–water partition coefficient (Wildman–Crippen LogP) is 4.46. The summed E-state index contributed by atoms with van der Waals surface area (Å²) in [6.07, 6.45) is 10.6. The van der Waals surface area contributed by atoms with E-state index in [0.717, 1.165) is 31.8 Å². The van der Waals surface area contributed by atoms with E-state index in [9.17, 15) is 5.11 Å². The highest BCUT2D eigenvalue weighted by Crippen LogP contribution is 2.27. The molecule has 2 nitrogen and oxygen atoms in total. The van der Waals surface area contributed by atoms with Crippen molar-refractivity contribution in [3.8, 4) is 0 Å². The zero-order valence-corrected chi connectivity index (χ0v) is 14.0. The van der Waals surface area contributed by atoms with E-state index in [0.29, 0.717) is 0 Å². The first-order chi connectivity index (χ1) is 9.39. The summed E-state index contributed by atoms with van der Waals surface area (Å²) in [6, 6.07) is 0. The summed E-state index contributed by atoms with van der Waals surface area (Å²) in [7, 11) is 0. The highest BCUT2D eigenvalue weighted by atomic mass is 16.3. The molecular weight excluding hydrogens is 246 g/mol. The van der Waals surface area contributed by atoms with Gasteiger partial charge in [-0.15, -0.1) is 0 Å². The van der Waals surface area contributed by atoms with Gasteiger partial charge in [0.1, 0.15) is 0 Å². The van der Waals surface area contributed by atoms with Gasteiger partial charge in [0.25, 0.3) is 0 Å². The van der Waals surface area contributed by atoms with E-state index < -0.39 is 5.60 Å². The fourth-order valence-electron chi connectivity index (χ4n) is 2.33. The molecule has 0 heterocycles. The van der Waals surface area contributed by atoms with Crippen molar-refractivity contribution in [3.05, 3.63) is 24.3 Å². The van der Waals surface area contributed by atoms with Crippen LogP contribution in [0, 0.1) is 5.92 Å². The molecule has 2 heteroatoms. The Balaban J connectivity index is 0.000000511. The van der Waals surface area contributed by atoms with Crippen LogP contribution in [0.2, 0.25) is 0 Å². The Morgan fingerprint density at radius 1 is 1.25 bits per heavy atom. The minimum atomic E-state index is -0.394. The topological polar surface area (TPSA) is 32.3 Å². The van der Waals surface area contributed by atoms with E-state index >= 15 is 0 Å². The molecule has 1 aliphatic carbocycles. The summed E-state index contributed by atoms with van der Waals surface area (Å²) in [5.41, 5.74) is 0.903. The lowest BCUT2D eigenvalue weighted by atomic mass is 9.85. The van der Waals surface area contributed by atoms with Crippen LogP contribution in [0.25, 0.3) is 0 Å². The minimum Gasteiger partial charge on any atom is -0.389 e. The Morgan fingerprint density at radius 3 is 2.25 bits per heavy atom. The standard InChI is InChI=1S/C12H25NO.C6H10/c1-11(2)6-9-13-10-12(14)7-4-3-5-8-12;1-4-5-6(2)3/h11,13-14H,3-10H2,1-2H3;4-5H,1H2,2-3H3. The molecule has 0 bridgehead atoms. The van der Waals surface area contributed by atoms with Crippen LogP contribution in [0.1, 0.15) is 66.2 Å². The normalized spacial score (nSPS) is 17.1. The summed E-state index contributed by atoms with van der Waals surface area (Å²) in [6.45, 7) is 13.9. The Morgan fingerprint density at radius 2 is 1.85 bits per heavy atom. The average molecular weight is 281 g/mol. The number of hydrogen-bond donors (Lipinski definition) is 2. The second-order valence-corrected chi connectivity index (χ2v) is 6.62. The number of aliphatic hydroxyl groups is 1. The first-order valence-electron chi connectivity index (χ1n) is 8.08. The molecule has 2 N–H and O–H groups in total. The van der Waals surface area contributed by atoms with Gasteiger partial charge < -0.3 is 10.4 Å². The number of nitrogens with one attached hydrogen (secondary N) is 1. The molecule has 0 atom stereocenters. The summed E-state index contributed by atoms with van der Waals surface area (Å²) in [4.78, 5) is 0. The van der Waals surface area contributed by atoms with Gasteiger partial charge in [-0.05, 0) is 45.6 Å². The van der Waals surface area contributed by atoms with E-state index in [-0.39, 0.29) is 0 Å². The maximum absolute atomic E-state index is 10.2. The molecule has 0 amide bonds. The predicted molar refractivity (Wildman–Crippen MR) is 90.0 cm³/mol. The third kappa shape index (κ3) is 11.2. The van der Waals surface area contributed by atoms with Gasteiger partial charge in [0.15, 0.2) is 0 Å². The van der Waals surface area contributed by atoms with Crippen LogP contribution >= 0.6 is 0 Å². The van der Waals surface area contributed by atoms with E-state index in [1.165, 1.54) is 31.3 Å². The molecule has 0 radical (unpaired) electrons. The van der Waals surface area contributed by atoms with Crippen LogP contribution < -0.4 is 5.32 Å². The first-order valence-corrected chi connectivity index (χ1v) is 8.08. The quantitative estimate of drug-likeness (QED) is 0.556. The molecule has 1 aliphatic rings. The fraction of sp³-hybridized carbons (Fsp3) is 0.778. The molecule has 0 aromatic carbocycles. The summed E-state index contributed by atoms with van der Waals surface area (Å²) < 4.78 is 0. The van der Waals surface area contributed by atoms with Crippen molar-refractivity contribution in [2.75, 3.05) is 13.1 Å². The minimum absolute atomic E-state index is 0.394.